The van der Waals surface area contributed by atoms with Crippen LogP contribution in [-0.2, 0) is 23.6 Å². The minimum atomic E-state index is -3.51. The van der Waals surface area contributed by atoms with Crippen molar-refractivity contribution in [1.29, 1.82) is 0 Å². The average Bonchev–Trinajstić information content (AvgIpc) is 2.92. The summed E-state index contributed by atoms with van der Waals surface area (Å²) in [6, 6.07) is 7.21. The van der Waals surface area contributed by atoms with E-state index in [0.29, 0.717) is 17.3 Å². The van der Waals surface area contributed by atoms with Gasteiger partial charge in [-0.25, -0.2) is 13.4 Å². The molecule has 0 fully saturated rings. The standard InChI is InChI=1S/C14H18N4O4S/c1-17(7-14-15-10-16-18(14)2)23(19,20)9-11-8-21-12-5-3-4-6-13(12)22-11/h3-6,10-11H,7-9H2,1-2H3. The summed E-state index contributed by atoms with van der Waals surface area (Å²) in [6.07, 6.45) is 0.849. The SMILES string of the molecule is CN(Cc1ncnn1C)S(=O)(=O)CC1COc2ccccc2O1. The molecule has 9 heteroatoms. The van der Waals surface area contributed by atoms with Crippen LogP contribution in [-0.4, -0.2) is 53.0 Å². The molecule has 3 rings (SSSR count). The summed E-state index contributed by atoms with van der Waals surface area (Å²) in [5.41, 5.74) is 0. The van der Waals surface area contributed by atoms with E-state index in [1.807, 2.05) is 12.1 Å². The van der Waals surface area contributed by atoms with Crippen molar-refractivity contribution in [1.82, 2.24) is 19.1 Å². The Bertz CT molecular complexity index is 790. The lowest BCUT2D eigenvalue weighted by molar-refractivity contribution is 0.105. The van der Waals surface area contributed by atoms with Gasteiger partial charge in [0.25, 0.3) is 0 Å². The zero-order valence-corrected chi connectivity index (χ0v) is 13.7. The third-order valence-corrected chi connectivity index (χ3v) is 5.48. The highest BCUT2D eigenvalue weighted by molar-refractivity contribution is 7.89. The van der Waals surface area contributed by atoms with Crippen LogP contribution in [0.4, 0.5) is 0 Å². The van der Waals surface area contributed by atoms with Gasteiger partial charge >= 0.3 is 0 Å². The van der Waals surface area contributed by atoms with Gasteiger partial charge in [0.15, 0.2) is 11.5 Å². The van der Waals surface area contributed by atoms with Crippen LogP contribution in [0.5, 0.6) is 11.5 Å². The van der Waals surface area contributed by atoms with Crippen molar-refractivity contribution in [3.05, 3.63) is 36.4 Å². The molecule has 2 heterocycles. The molecule has 0 radical (unpaired) electrons. The molecule has 2 aromatic rings. The van der Waals surface area contributed by atoms with Crippen LogP contribution in [0.1, 0.15) is 5.82 Å². The minimum Gasteiger partial charge on any atom is -0.486 e. The molecule has 0 amide bonds. The Kier molecular flexibility index (Phi) is 4.22. The molecule has 1 unspecified atom stereocenters. The predicted molar refractivity (Wildman–Crippen MR) is 82.6 cm³/mol. The molecule has 0 aliphatic carbocycles. The van der Waals surface area contributed by atoms with E-state index in [4.69, 9.17) is 9.47 Å². The molecule has 0 N–H and O–H groups in total. The molecule has 0 saturated heterocycles. The molecular weight excluding hydrogens is 320 g/mol. The number of aromatic nitrogens is 3. The van der Waals surface area contributed by atoms with Crippen LogP contribution in [0.25, 0.3) is 0 Å². The van der Waals surface area contributed by atoms with E-state index in [9.17, 15) is 8.42 Å². The first-order chi connectivity index (χ1) is 11.0. The zero-order chi connectivity index (χ0) is 16.4. The summed E-state index contributed by atoms with van der Waals surface area (Å²) in [5.74, 6) is 1.61. The molecule has 1 aromatic carbocycles. The van der Waals surface area contributed by atoms with Crippen molar-refractivity contribution in [3.63, 3.8) is 0 Å². The molecule has 0 saturated carbocycles. The van der Waals surface area contributed by atoms with Gasteiger partial charge in [0.1, 0.15) is 30.6 Å². The first-order valence-corrected chi connectivity index (χ1v) is 8.72. The fraction of sp³-hybridized carbons (Fsp3) is 0.429. The monoisotopic (exact) mass is 338 g/mol. The van der Waals surface area contributed by atoms with Gasteiger partial charge in [0.05, 0.1) is 6.54 Å². The summed E-state index contributed by atoms with van der Waals surface area (Å²) < 4.78 is 39.0. The van der Waals surface area contributed by atoms with Crippen molar-refractivity contribution in [2.75, 3.05) is 19.4 Å². The van der Waals surface area contributed by atoms with E-state index in [1.165, 1.54) is 17.7 Å². The summed E-state index contributed by atoms with van der Waals surface area (Å²) in [5, 5.41) is 3.93. The third-order valence-electron chi connectivity index (χ3n) is 3.61. The number of rotatable bonds is 5. The topological polar surface area (TPSA) is 86.6 Å². The lowest BCUT2D eigenvalue weighted by Gasteiger charge is -2.27. The van der Waals surface area contributed by atoms with Crippen LogP contribution < -0.4 is 9.47 Å². The predicted octanol–water partition coefficient (Wildman–Crippen LogP) is 0.417. The van der Waals surface area contributed by atoms with Crippen LogP contribution >= 0.6 is 0 Å². The molecule has 8 nitrogen and oxygen atoms in total. The second-order valence-electron chi connectivity index (χ2n) is 5.33. The highest BCUT2D eigenvalue weighted by atomic mass is 32.2. The fourth-order valence-corrected chi connectivity index (χ4v) is 3.47. The second-order valence-corrected chi connectivity index (χ2v) is 7.45. The maximum absolute atomic E-state index is 12.5. The van der Waals surface area contributed by atoms with Gasteiger partial charge in [-0.05, 0) is 12.1 Å². The highest BCUT2D eigenvalue weighted by Gasteiger charge is 2.29. The summed E-state index contributed by atoms with van der Waals surface area (Å²) in [6.45, 7) is 0.358. The molecular formula is C14H18N4O4S. The molecule has 0 spiro atoms. The lowest BCUT2D eigenvalue weighted by atomic mass is 10.3. The van der Waals surface area contributed by atoms with E-state index in [-0.39, 0.29) is 18.9 Å². The summed E-state index contributed by atoms with van der Waals surface area (Å²) >= 11 is 0. The lowest BCUT2D eigenvalue weighted by Crippen LogP contribution is -2.40. The summed E-state index contributed by atoms with van der Waals surface area (Å²) in [4.78, 5) is 4.04. The van der Waals surface area contributed by atoms with Crippen molar-refractivity contribution in [3.8, 4) is 11.5 Å². The maximum atomic E-state index is 12.5. The number of aryl methyl sites for hydroxylation is 1. The normalized spacial score (nSPS) is 17.4. The second kappa shape index (κ2) is 6.17. The van der Waals surface area contributed by atoms with Crippen molar-refractivity contribution >= 4 is 10.0 Å². The molecule has 1 aromatic heterocycles. The van der Waals surface area contributed by atoms with E-state index in [0.717, 1.165) is 0 Å². The van der Waals surface area contributed by atoms with Gasteiger partial charge < -0.3 is 9.47 Å². The smallest absolute Gasteiger partial charge is 0.218 e. The molecule has 0 bridgehead atoms. The minimum absolute atomic E-state index is 0.156. The molecule has 23 heavy (non-hydrogen) atoms. The van der Waals surface area contributed by atoms with E-state index in [1.54, 1.807) is 23.9 Å². The van der Waals surface area contributed by atoms with E-state index in [2.05, 4.69) is 10.1 Å². The first-order valence-electron chi connectivity index (χ1n) is 7.11. The Balaban J connectivity index is 1.66. The Morgan fingerprint density at radius 3 is 2.78 bits per heavy atom. The van der Waals surface area contributed by atoms with E-state index >= 15 is 0 Å². The average molecular weight is 338 g/mol. The Labute approximate surface area is 134 Å². The number of fused-ring (bicyclic) bond motifs is 1. The van der Waals surface area contributed by atoms with Crippen molar-refractivity contribution in [2.45, 2.75) is 12.6 Å². The number of benzene rings is 1. The quantitative estimate of drug-likeness (QED) is 0.785. The van der Waals surface area contributed by atoms with Gasteiger partial charge in [-0.2, -0.15) is 9.40 Å². The van der Waals surface area contributed by atoms with Crippen LogP contribution in [0.15, 0.2) is 30.6 Å². The van der Waals surface area contributed by atoms with Gasteiger partial charge in [-0.15, -0.1) is 0 Å². The molecule has 1 aliphatic rings. The number of para-hydroxylation sites is 2. The highest BCUT2D eigenvalue weighted by Crippen LogP contribution is 2.31. The van der Waals surface area contributed by atoms with Gasteiger partial charge in [0.2, 0.25) is 10.0 Å². The van der Waals surface area contributed by atoms with Crippen LogP contribution in [0.2, 0.25) is 0 Å². The zero-order valence-electron chi connectivity index (χ0n) is 12.9. The number of ether oxygens (including phenoxy) is 2. The first kappa shape index (κ1) is 15.8. The third kappa shape index (κ3) is 3.45. The van der Waals surface area contributed by atoms with Gasteiger partial charge in [-0.1, -0.05) is 12.1 Å². The van der Waals surface area contributed by atoms with Crippen molar-refractivity contribution in [2.24, 2.45) is 7.05 Å². The largest absolute Gasteiger partial charge is 0.486 e. The molecule has 1 atom stereocenters. The number of nitrogens with zero attached hydrogens (tertiary/aromatic N) is 4. The number of sulfonamides is 1. The fourth-order valence-electron chi connectivity index (χ4n) is 2.27. The maximum Gasteiger partial charge on any atom is 0.218 e. The molecule has 1 aliphatic heterocycles. The Hall–Kier alpha value is -2.13. The van der Waals surface area contributed by atoms with Crippen molar-refractivity contribution < 1.29 is 17.9 Å². The Morgan fingerprint density at radius 2 is 2.09 bits per heavy atom. The van der Waals surface area contributed by atoms with Crippen LogP contribution in [0, 0.1) is 0 Å². The Morgan fingerprint density at radius 1 is 1.35 bits per heavy atom. The van der Waals surface area contributed by atoms with Gasteiger partial charge in [0, 0.05) is 14.1 Å². The number of hydrogen-bond donors (Lipinski definition) is 0. The summed E-state index contributed by atoms with van der Waals surface area (Å²) in [7, 11) is -0.272. The van der Waals surface area contributed by atoms with Crippen LogP contribution in [0.3, 0.4) is 0 Å². The number of hydrogen-bond acceptors (Lipinski definition) is 6. The van der Waals surface area contributed by atoms with Gasteiger partial charge in [-0.3, -0.25) is 4.68 Å². The molecule has 124 valence electrons. The van der Waals surface area contributed by atoms with E-state index < -0.39 is 16.1 Å².